The highest BCUT2D eigenvalue weighted by molar-refractivity contribution is 9.10. The number of carbonyl (C=O) groups excluding carboxylic acids is 1. The van der Waals surface area contributed by atoms with Crippen molar-refractivity contribution in [2.24, 2.45) is 0 Å². The van der Waals surface area contributed by atoms with Crippen LogP contribution in [0.1, 0.15) is 17.5 Å². The van der Waals surface area contributed by atoms with Crippen molar-refractivity contribution in [2.45, 2.75) is 24.2 Å². The van der Waals surface area contributed by atoms with Gasteiger partial charge in [-0.25, -0.2) is 12.7 Å². The van der Waals surface area contributed by atoms with Crippen molar-refractivity contribution < 1.29 is 13.2 Å². The van der Waals surface area contributed by atoms with E-state index in [-0.39, 0.29) is 10.8 Å². The molecule has 1 aliphatic heterocycles. The van der Waals surface area contributed by atoms with Crippen molar-refractivity contribution in [3.8, 4) is 0 Å². The number of halogens is 1. The van der Waals surface area contributed by atoms with Crippen LogP contribution in [0, 0.1) is 0 Å². The van der Waals surface area contributed by atoms with Gasteiger partial charge in [0.25, 0.3) is 0 Å². The highest BCUT2D eigenvalue weighted by atomic mass is 79.9. The van der Waals surface area contributed by atoms with E-state index in [1.165, 1.54) is 24.0 Å². The summed E-state index contributed by atoms with van der Waals surface area (Å²) in [5.41, 5.74) is 3.13. The van der Waals surface area contributed by atoms with Crippen molar-refractivity contribution >= 4 is 37.5 Å². The van der Waals surface area contributed by atoms with Crippen LogP contribution >= 0.6 is 15.9 Å². The smallest absolute Gasteiger partial charge is 0.242 e. The monoisotopic (exact) mass is 436 g/mol. The van der Waals surface area contributed by atoms with Gasteiger partial charge in [-0.05, 0) is 54.3 Å². The summed E-state index contributed by atoms with van der Waals surface area (Å²) in [4.78, 5) is 14.7. The molecule has 0 spiro atoms. The van der Waals surface area contributed by atoms with Crippen molar-refractivity contribution in [1.82, 2.24) is 4.31 Å². The van der Waals surface area contributed by atoms with Crippen molar-refractivity contribution in [2.75, 3.05) is 25.5 Å². The van der Waals surface area contributed by atoms with Gasteiger partial charge in [0.1, 0.15) is 0 Å². The van der Waals surface area contributed by atoms with E-state index in [1.54, 1.807) is 24.3 Å². The normalized spacial score (nSPS) is 13.9. The van der Waals surface area contributed by atoms with Gasteiger partial charge in [0.2, 0.25) is 15.9 Å². The zero-order valence-corrected chi connectivity index (χ0v) is 17.2. The van der Waals surface area contributed by atoms with Crippen LogP contribution in [0.3, 0.4) is 0 Å². The lowest BCUT2D eigenvalue weighted by molar-refractivity contribution is -0.118. The molecule has 3 rings (SSSR count). The molecular weight excluding hydrogens is 416 g/mol. The van der Waals surface area contributed by atoms with Gasteiger partial charge < -0.3 is 4.90 Å². The van der Waals surface area contributed by atoms with E-state index in [4.69, 9.17) is 0 Å². The number of sulfonamides is 1. The number of hydrogen-bond acceptors (Lipinski definition) is 3. The number of aryl methyl sites for hydroxylation is 1. The van der Waals surface area contributed by atoms with E-state index >= 15 is 0 Å². The summed E-state index contributed by atoms with van der Waals surface area (Å²) in [6.07, 6.45) is 1.86. The molecule has 0 bridgehead atoms. The van der Waals surface area contributed by atoms with Gasteiger partial charge >= 0.3 is 0 Å². The second kappa shape index (κ2) is 7.50. The maximum atomic E-state index is 12.6. The molecule has 0 fully saturated rings. The number of fused-ring (bicyclic) bond motifs is 1. The van der Waals surface area contributed by atoms with Gasteiger partial charge in [-0.1, -0.05) is 28.1 Å². The van der Waals surface area contributed by atoms with Crippen LogP contribution in [0.25, 0.3) is 0 Å². The molecule has 0 aromatic heterocycles. The molecule has 5 nitrogen and oxygen atoms in total. The van der Waals surface area contributed by atoms with Crippen molar-refractivity contribution in [1.29, 1.82) is 0 Å². The molecule has 0 aliphatic carbocycles. The third-order valence-corrected chi connectivity index (χ3v) is 6.89. The third-order valence-electron chi connectivity index (χ3n) is 4.57. The number of nitrogens with zero attached hydrogens (tertiary/aromatic N) is 2. The van der Waals surface area contributed by atoms with Gasteiger partial charge in [-0.3, -0.25) is 4.79 Å². The van der Waals surface area contributed by atoms with Gasteiger partial charge in [0.15, 0.2) is 0 Å². The van der Waals surface area contributed by atoms with Crippen LogP contribution in [0.15, 0.2) is 51.8 Å². The summed E-state index contributed by atoms with van der Waals surface area (Å²) in [6.45, 7) is 0.713. The number of carbonyl (C=O) groups is 1. The van der Waals surface area contributed by atoms with E-state index in [1.807, 2.05) is 17.0 Å². The third kappa shape index (κ3) is 3.84. The quantitative estimate of drug-likeness (QED) is 0.722. The second-order valence-corrected chi connectivity index (χ2v) is 9.57. The molecule has 0 unspecified atom stereocenters. The van der Waals surface area contributed by atoms with E-state index in [2.05, 4.69) is 22.0 Å². The highest BCUT2D eigenvalue weighted by Gasteiger charge is 2.24. The van der Waals surface area contributed by atoms with E-state index in [0.717, 1.165) is 22.1 Å². The van der Waals surface area contributed by atoms with Crippen LogP contribution in [0.5, 0.6) is 0 Å². The van der Waals surface area contributed by atoms with E-state index in [9.17, 15) is 13.2 Å². The minimum absolute atomic E-state index is 0.0936. The fourth-order valence-electron chi connectivity index (χ4n) is 3.05. The lowest BCUT2D eigenvalue weighted by Crippen LogP contribution is -2.29. The molecule has 7 heteroatoms. The zero-order chi connectivity index (χ0) is 18.9. The summed E-state index contributed by atoms with van der Waals surface area (Å²) < 4.78 is 26.4. The molecule has 0 saturated heterocycles. The molecule has 1 aliphatic rings. The zero-order valence-electron chi connectivity index (χ0n) is 14.8. The minimum Gasteiger partial charge on any atom is -0.312 e. The highest BCUT2D eigenvalue weighted by Crippen LogP contribution is 2.31. The van der Waals surface area contributed by atoms with Gasteiger partial charge in [0.05, 0.1) is 4.90 Å². The fraction of sp³-hybridized carbons (Fsp3) is 0.316. The Morgan fingerprint density at radius 1 is 1.15 bits per heavy atom. The molecule has 2 aromatic rings. The molecule has 1 heterocycles. The molecular formula is C19H21BrN2O3S. The predicted molar refractivity (Wildman–Crippen MR) is 106 cm³/mol. The fourth-order valence-corrected chi connectivity index (χ4v) is 4.36. The summed E-state index contributed by atoms with van der Waals surface area (Å²) in [6, 6.07) is 12.7. The Balaban J connectivity index is 1.64. The second-order valence-electron chi connectivity index (χ2n) is 6.50. The van der Waals surface area contributed by atoms with Crippen LogP contribution in [-0.4, -0.2) is 39.3 Å². The Kier molecular flexibility index (Phi) is 5.50. The molecule has 26 heavy (non-hydrogen) atoms. The molecule has 0 saturated carbocycles. The topological polar surface area (TPSA) is 57.7 Å². The van der Waals surface area contributed by atoms with Crippen molar-refractivity contribution in [3.05, 3.63) is 58.1 Å². The first-order valence-corrected chi connectivity index (χ1v) is 10.6. The SMILES string of the molecule is CN(C)S(=O)(=O)c1ccc(CCC(=O)N2CCc3cc(Br)ccc32)cc1. The molecule has 138 valence electrons. The average molecular weight is 437 g/mol. The largest absolute Gasteiger partial charge is 0.312 e. The van der Waals surface area contributed by atoms with Gasteiger partial charge in [-0.15, -0.1) is 0 Å². The Labute approximate surface area is 162 Å². The lowest BCUT2D eigenvalue weighted by Gasteiger charge is -2.17. The first-order valence-electron chi connectivity index (χ1n) is 8.39. The molecule has 2 aromatic carbocycles. The summed E-state index contributed by atoms with van der Waals surface area (Å²) >= 11 is 3.46. The van der Waals surface area contributed by atoms with Crippen LogP contribution in [0.4, 0.5) is 5.69 Å². The van der Waals surface area contributed by atoms with Crippen molar-refractivity contribution in [3.63, 3.8) is 0 Å². The molecule has 1 amide bonds. The maximum Gasteiger partial charge on any atom is 0.242 e. The Bertz CT molecular complexity index is 924. The predicted octanol–water partition coefficient (Wildman–Crippen LogP) is 3.22. The van der Waals surface area contributed by atoms with Gasteiger partial charge in [0, 0.05) is 37.2 Å². The summed E-state index contributed by atoms with van der Waals surface area (Å²) in [5.74, 6) is 0.0936. The maximum absolute atomic E-state index is 12.6. The van der Waals surface area contributed by atoms with Crippen LogP contribution in [0.2, 0.25) is 0 Å². The molecule has 0 N–H and O–H groups in total. The van der Waals surface area contributed by atoms with E-state index < -0.39 is 10.0 Å². The number of amides is 1. The van der Waals surface area contributed by atoms with Crippen LogP contribution in [-0.2, 0) is 27.7 Å². The Morgan fingerprint density at radius 3 is 2.50 bits per heavy atom. The van der Waals surface area contributed by atoms with Gasteiger partial charge in [-0.2, -0.15) is 0 Å². The number of anilines is 1. The first kappa shape index (κ1) is 19.1. The van der Waals surface area contributed by atoms with E-state index in [0.29, 0.717) is 19.4 Å². The number of hydrogen-bond donors (Lipinski definition) is 0. The minimum atomic E-state index is -3.42. The first-order chi connectivity index (χ1) is 12.3. The standard InChI is InChI=1S/C19H21BrN2O3S/c1-21(2)26(24,25)17-7-3-14(4-8-17)5-10-19(23)22-12-11-15-13-16(20)6-9-18(15)22/h3-4,6-9,13H,5,10-12H2,1-2H3. The summed E-state index contributed by atoms with van der Waals surface area (Å²) in [5, 5.41) is 0. The average Bonchev–Trinajstić information content (AvgIpc) is 3.03. The number of rotatable bonds is 5. The lowest BCUT2D eigenvalue weighted by atomic mass is 10.1. The number of benzene rings is 2. The summed E-state index contributed by atoms with van der Waals surface area (Å²) in [7, 11) is -0.404. The molecule has 0 atom stereocenters. The molecule has 0 radical (unpaired) electrons. The van der Waals surface area contributed by atoms with Crippen LogP contribution < -0.4 is 4.90 Å². The Morgan fingerprint density at radius 2 is 1.85 bits per heavy atom. The Hall–Kier alpha value is -1.70.